The fourth-order valence-electron chi connectivity index (χ4n) is 2.54. The fraction of sp³-hybridized carbons (Fsp3) is 0.182. The third-order valence-corrected chi connectivity index (χ3v) is 5.47. The first-order chi connectivity index (χ1) is 13.1. The number of hydrogen-bond donors (Lipinski definition) is 0. The van der Waals surface area contributed by atoms with Crippen LogP contribution >= 0.6 is 11.3 Å². The molecule has 0 fully saturated rings. The van der Waals surface area contributed by atoms with Gasteiger partial charge in [-0.05, 0) is 42.8 Å². The number of fused-ring (bicyclic) bond motifs is 1. The SMILES string of the molecule is C=CCOc1ccc(/C=C/C(=O)N(C)[C@@H](C)c2nc3ccccc3s2)cc1. The number of ether oxygens (including phenoxy) is 1. The molecule has 0 aliphatic rings. The zero-order valence-electron chi connectivity index (χ0n) is 15.5. The quantitative estimate of drug-likeness (QED) is 0.425. The maximum atomic E-state index is 12.5. The van der Waals surface area contributed by atoms with Crippen molar-refractivity contribution in [3.8, 4) is 5.75 Å². The first-order valence-electron chi connectivity index (χ1n) is 8.72. The molecule has 138 valence electrons. The zero-order valence-corrected chi connectivity index (χ0v) is 16.3. The highest BCUT2D eigenvalue weighted by atomic mass is 32.1. The Labute approximate surface area is 163 Å². The minimum Gasteiger partial charge on any atom is -0.490 e. The van der Waals surface area contributed by atoms with Crippen molar-refractivity contribution < 1.29 is 9.53 Å². The van der Waals surface area contributed by atoms with Gasteiger partial charge in [0.05, 0.1) is 16.3 Å². The lowest BCUT2D eigenvalue weighted by molar-refractivity contribution is -0.126. The smallest absolute Gasteiger partial charge is 0.246 e. The molecule has 0 saturated carbocycles. The molecule has 4 nitrogen and oxygen atoms in total. The summed E-state index contributed by atoms with van der Waals surface area (Å²) in [6.07, 6.45) is 5.10. The van der Waals surface area contributed by atoms with E-state index < -0.39 is 0 Å². The van der Waals surface area contributed by atoms with Crippen LogP contribution in [0.1, 0.15) is 23.5 Å². The van der Waals surface area contributed by atoms with E-state index in [1.807, 2.05) is 55.5 Å². The number of hydrogen-bond acceptors (Lipinski definition) is 4. The molecule has 1 heterocycles. The lowest BCUT2D eigenvalue weighted by Gasteiger charge is -2.21. The standard InChI is InChI=1S/C22H22N2O2S/c1-4-15-26-18-12-9-17(10-13-18)11-14-21(25)24(3)16(2)22-23-19-7-5-6-8-20(19)27-22/h4-14,16H,1,15H2,2-3H3/b14-11+/t16-/m0/s1. The minimum atomic E-state index is -0.0887. The summed E-state index contributed by atoms with van der Waals surface area (Å²) in [6.45, 7) is 6.09. The van der Waals surface area contributed by atoms with Crippen LogP contribution in [-0.2, 0) is 4.79 Å². The van der Waals surface area contributed by atoms with Crippen LogP contribution in [0.15, 0.2) is 67.3 Å². The first kappa shape index (κ1) is 18.9. The largest absolute Gasteiger partial charge is 0.490 e. The molecule has 0 spiro atoms. The number of carbonyl (C=O) groups is 1. The maximum Gasteiger partial charge on any atom is 0.246 e. The van der Waals surface area contributed by atoms with Crippen molar-refractivity contribution >= 4 is 33.5 Å². The van der Waals surface area contributed by atoms with Crippen molar-refractivity contribution in [2.45, 2.75) is 13.0 Å². The van der Waals surface area contributed by atoms with E-state index in [2.05, 4.69) is 11.6 Å². The highest BCUT2D eigenvalue weighted by Gasteiger charge is 2.19. The second kappa shape index (κ2) is 8.64. The summed E-state index contributed by atoms with van der Waals surface area (Å²) >= 11 is 1.62. The number of nitrogens with zero attached hydrogens (tertiary/aromatic N) is 2. The zero-order chi connectivity index (χ0) is 19.2. The summed E-state index contributed by atoms with van der Waals surface area (Å²) in [6, 6.07) is 15.5. The van der Waals surface area contributed by atoms with Crippen LogP contribution in [0.5, 0.6) is 5.75 Å². The number of para-hydroxylation sites is 1. The minimum absolute atomic E-state index is 0.0614. The van der Waals surface area contributed by atoms with Gasteiger partial charge in [-0.15, -0.1) is 11.3 Å². The average Bonchev–Trinajstić information content (AvgIpc) is 3.14. The van der Waals surface area contributed by atoms with Gasteiger partial charge in [-0.25, -0.2) is 4.98 Å². The molecule has 0 N–H and O–H groups in total. The highest BCUT2D eigenvalue weighted by molar-refractivity contribution is 7.18. The molecular formula is C22H22N2O2S. The van der Waals surface area contributed by atoms with Gasteiger partial charge in [0, 0.05) is 13.1 Å². The molecule has 0 aliphatic heterocycles. The Kier molecular flexibility index (Phi) is 6.04. The number of carbonyl (C=O) groups excluding carboxylic acids is 1. The molecule has 0 radical (unpaired) electrons. The van der Waals surface area contributed by atoms with Crippen molar-refractivity contribution in [3.63, 3.8) is 0 Å². The van der Waals surface area contributed by atoms with Crippen LogP contribution in [0.3, 0.4) is 0 Å². The lowest BCUT2D eigenvalue weighted by atomic mass is 10.2. The number of amides is 1. The predicted octanol–water partition coefficient (Wildman–Crippen LogP) is 5.09. The summed E-state index contributed by atoms with van der Waals surface area (Å²) in [5.41, 5.74) is 1.91. The third-order valence-electron chi connectivity index (χ3n) is 4.26. The second-order valence-corrected chi connectivity index (χ2v) is 7.21. The van der Waals surface area contributed by atoms with E-state index in [4.69, 9.17) is 4.74 Å². The number of aromatic nitrogens is 1. The molecule has 1 aromatic heterocycles. The third kappa shape index (κ3) is 4.63. The van der Waals surface area contributed by atoms with Crippen LogP contribution < -0.4 is 4.74 Å². The molecule has 5 heteroatoms. The van der Waals surface area contributed by atoms with Crippen LogP contribution in [0.4, 0.5) is 0 Å². The van der Waals surface area contributed by atoms with Crippen molar-refractivity contribution in [3.05, 3.63) is 77.8 Å². The summed E-state index contributed by atoms with van der Waals surface area (Å²) < 4.78 is 6.59. The monoisotopic (exact) mass is 378 g/mol. The van der Waals surface area contributed by atoms with Crippen LogP contribution in [0.2, 0.25) is 0 Å². The van der Waals surface area contributed by atoms with Crippen LogP contribution in [0.25, 0.3) is 16.3 Å². The van der Waals surface area contributed by atoms with E-state index >= 15 is 0 Å². The van der Waals surface area contributed by atoms with Gasteiger partial charge in [0.15, 0.2) is 0 Å². The molecule has 1 atom stereocenters. The van der Waals surface area contributed by atoms with E-state index in [0.717, 1.165) is 26.5 Å². The topological polar surface area (TPSA) is 42.4 Å². The van der Waals surface area contributed by atoms with Crippen LogP contribution in [-0.4, -0.2) is 29.4 Å². The van der Waals surface area contributed by atoms with Gasteiger partial charge in [0.2, 0.25) is 5.91 Å². The van der Waals surface area contributed by atoms with Gasteiger partial charge >= 0.3 is 0 Å². The Morgan fingerprint density at radius 1 is 1.26 bits per heavy atom. The Bertz CT molecular complexity index is 927. The maximum absolute atomic E-state index is 12.5. The van der Waals surface area contributed by atoms with Crippen molar-refractivity contribution in [2.75, 3.05) is 13.7 Å². The molecule has 2 aromatic carbocycles. The first-order valence-corrected chi connectivity index (χ1v) is 9.54. The highest BCUT2D eigenvalue weighted by Crippen LogP contribution is 2.28. The molecule has 27 heavy (non-hydrogen) atoms. The Morgan fingerprint density at radius 3 is 2.70 bits per heavy atom. The van der Waals surface area contributed by atoms with Crippen molar-refractivity contribution in [1.82, 2.24) is 9.88 Å². The van der Waals surface area contributed by atoms with E-state index in [1.54, 1.807) is 41.5 Å². The molecule has 0 aliphatic carbocycles. The average molecular weight is 378 g/mol. The number of likely N-dealkylation sites (N-methyl/N-ethyl adjacent to an activating group) is 1. The number of rotatable bonds is 7. The van der Waals surface area contributed by atoms with Gasteiger partial charge in [0.1, 0.15) is 17.4 Å². The Morgan fingerprint density at radius 2 is 2.00 bits per heavy atom. The van der Waals surface area contributed by atoms with Gasteiger partial charge in [0.25, 0.3) is 0 Å². The van der Waals surface area contributed by atoms with Crippen LogP contribution in [0, 0.1) is 0 Å². The van der Waals surface area contributed by atoms with E-state index in [-0.39, 0.29) is 11.9 Å². The molecule has 0 bridgehead atoms. The van der Waals surface area contributed by atoms with Gasteiger partial charge < -0.3 is 9.64 Å². The summed E-state index contributed by atoms with van der Waals surface area (Å²) in [5, 5.41) is 0.934. The lowest BCUT2D eigenvalue weighted by Crippen LogP contribution is -2.27. The summed E-state index contributed by atoms with van der Waals surface area (Å²) in [4.78, 5) is 18.9. The molecule has 1 amide bonds. The molecule has 0 unspecified atom stereocenters. The van der Waals surface area contributed by atoms with Crippen molar-refractivity contribution in [1.29, 1.82) is 0 Å². The van der Waals surface area contributed by atoms with E-state index in [0.29, 0.717) is 6.61 Å². The van der Waals surface area contributed by atoms with Gasteiger partial charge in [-0.1, -0.05) is 36.9 Å². The van der Waals surface area contributed by atoms with E-state index in [1.165, 1.54) is 0 Å². The number of thiazole rings is 1. The molecule has 0 saturated heterocycles. The summed E-state index contributed by atoms with van der Waals surface area (Å²) in [5.74, 6) is 0.716. The summed E-state index contributed by atoms with van der Waals surface area (Å²) in [7, 11) is 1.80. The van der Waals surface area contributed by atoms with Gasteiger partial charge in [-0.3, -0.25) is 4.79 Å². The molecule has 3 aromatic rings. The Hall–Kier alpha value is -2.92. The van der Waals surface area contributed by atoms with E-state index in [9.17, 15) is 4.79 Å². The predicted molar refractivity (Wildman–Crippen MR) is 112 cm³/mol. The van der Waals surface area contributed by atoms with Gasteiger partial charge in [-0.2, -0.15) is 0 Å². The molecular weight excluding hydrogens is 356 g/mol. The number of benzene rings is 2. The fourth-order valence-corrected chi connectivity index (χ4v) is 3.60. The normalized spacial score (nSPS) is 12.2. The second-order valence-electron chi connectivity index (χ2n) is 6.15. The molecule has 3 rings (SSSR count). The van der Waals surface area contributed by atoms with Crippen molar-refractivity contribution in [2.24, 2.45) is 0 Å². The Balaban J connectivity index is 1.65.